The number of thioether (sulfide) groups is 1. The Morgan fingerprint density at radius 3 is 2.60 bits per heavy atom. The number of benzene rings is 1. The first-order valence-electron chi connectivity index (χ1n) is 6.56. The molecule has 1 aromatic carbocycles. The summed E-state index contributed by atoms with van der Waals surface area (Å²) in [6, 6.07) is 11.4. The average molecular weight is 286 g/mol. The molecule has 4 heteroatoms. The van der Waals surface area contributed by atoms with Crippen LogP contribution in [0.4, 0.5) is 5.82 Å². The SMILES string of the molecule is Cc1ccc(NC(=O)c2ccccc2SC(C)C)nc1. The summed E-state index contributed by atoms with van der Waals surface area (Å²) in [6.07, 6.45) is 1.74. The third kappa shape index (κ3) is 3.84. The Hall–Kier alpha value is -1.81. The summed E-state index contributed by atoms with van der Waals surface area (Å²) in [5, 5.41) is 3.27. The number of nitrogens with zero attached hydrogens (tertiary/aromatic N) is 1. The van der Waals surface area contributed by atoms with Crippen molar-refractivity contribution in [2.24, 2.45) is 0 Å². The van der Waals surface area contributed by atoms with Crippen LogP contribution < -0.4 is 5.32 Å². The molecule has 0 bridgehead atoms. The van der Waals surface area contributed by atoms with Gasteiger partial charge in [0.15, 0.2) is 0 Å². The van der Waals surface area contributed by atoms with E-state index in [0.29, 0.717) is 16.6 Å². The van der Waals surface area contributed by atoms with Gasteiger partial charge in [-0.2, -0.15) is 0 Å². The largest absolute Gasteiger partial charge is 0.307 e. The fourth-order valence-corrected chi connectivity index (χ4v) is 2.69. The lowest BCUT2D eigenvalue weighted by atomic mass is 10.2. The zero-order chi connectivity index (χ0) is 14.5. The van der Waals surface area contributed by atoms with E-state index in [4.69, 9.17) is 0 Å². The second-order valence-corrected chi connectivity index (χ2v) is 6.46. The first-order chi connectivity index (χ1) is 9.56. The monoisotopic (exact) mass is 286 g/mol. The van der Waals surface area contributed by atoms with Crippen LogP contribution in [0.1, 0.15) is 29.8 Å². The van der Waals surface area contributed by atoms with Gasteiger partial charge in [0.2, 0.25) is 0 Å². The second kappa shape index (κ2) is 6.57. The molecule has 0 radical (unpaired) electrons. The van der Waals surface area contributed by atoms with Gasteiger partial charge in [-0.05, 0) is 30.7 Å². The predicted octanol–water partition coefficient (Wildman–Crippen LogP) is 4.14. The third-order valence-electron chi connectivity index (χ3n) is 2.65. The summed E-state index contributed by atoms with van der Waals surface area (Å²) >= 11 is 1.69. The van der Waals surface area contributed by atoms with Gasteiger partial charge < -0.3 is 5.32 Å². The van der Waals surface area contributed by atoms with Crippen LogP contribution in [0.3, 0.4) is 0 Å². The van der Waals surface area contributed by atoms with Gasteiger partial charge in [0.1, 0.15) is 5.82 Å². The van der Waals surface area contributed by atoms with Crippen molar-refractivity contribution in [2.75, 3.05) is 5.32 Å². The molecule has 20 heavy (non-hydrogen) atoms. The molecule has 1 heterocycles. The summed E-state index contributed by atoms with van der Waals surface area (Å²) in [5.41, 5.74) is 1.76. The number of hydrogen-bond donors (Lipinski definition) is 1. The number of aryl methyl sites for hydroxylation is 1. The molecule has 0 saturated carbocycles. The highest BCUT2D eigenvalue weighted by molar-refractivity contribution is 8.00. The number of aromatic nitrogens is 1. The van der Waals surface area contributed by atoms with Gasteiger partial charge >= 0.3 is 0 Å². The number of rotatable bonds is 4. The lowest BCUT2D eigenvalue weighted by Gasteiger charge is -2.11. The van der Waals surface area contributed by atoms with E-state index in [1.54, 1.807) is 18.0 Å². The van der Waals surface area contributed by atoms with Gasteiger partial charge in [0.25, 0.3) is 5.91 Å². The van der Waals surface area contributed by atoms with E-state index in [1.807, 2.05) is 43.3 Å². The zero-order valence-corrected chi connectivity index (χ0v) is 12.7. The number of carbonyl (C=O) groups is 1. The van der Waals surface area contributed by atoms with Crippen molar-refractivity contribution in [3.8, 4) is 0 Å². The lowest BCUT2D eigenvalue weighted by molar-refractivity contribution is 0.102. The minimum Gasteiger partial charge on any atom is -0.307 e. The molecule has 0 atom stereocenters. The number of amides is 1. The molecule has 1 N–H and O–H groups in total. The van der Waals surface area contributed by atoms with E-state index in [1.165, 1.54) is 0 Å². The van der Waals surface area contributed by atoms with Crippen LogP contribution in [0.2, 0.25) is 0 Å². The molecular formula is C16H18N2OS. The molecule has 2 aromatic rings. The van der Waals surface area contributed by atoms with Gasteiger partial charge in [0.05, 0.1) is 5.56 Å². The highest BCUT2D eigenvalue weighted by Gasteiger charge is 2.12. The van der Waals surface area contributed by atoms with E-state index in [9.17, 15) is 4.79 Å². The van der Waals surface area contributed by atoms with Gasteiger partial charge in [-0.25, -0.2) is 4.98 Å². The van der Waals surface area contributed by atoms with Gasteiger partial charge in [-0.1, -0.05) is 32.0 Å². The van der Waals surface area contributed by atoms with Crippen LogP contribution in [0.5, 0.6) is 0 Å². The number of anilines is 1. The number of carbonyl (C=O) groups excluding carboxylic acids is 1. The number of pyridine rings is 1. The third-order valence-corrected chi connectivity index (χ3v) is 3.73. The number of hydrogen-bond acceptors (Lipinski definition) is 3. The maximum atomic E-state index is 12.3. The van der Waals surface area contributed by atoms with Crippen molar-refractivity contribution >= 4 is 23.5 Å². The molecule has 0 fully saturated rings. The Kier molecular flexibility index (Phi) is 4.79. The first-order valence-corrected chi connectivity index (χ1v) is 7.44. The molecule has 0 aliphatic rings. The minimum absolute atomic E-state index is 0.120. The predicted molar refractivity (Wildman–Crippen MR) is 84.4 cm³/mol. The average Bonchev–Trinajstić information content (AvgIpc) is 2.41. The van der Waals surface area contributed by atoms with Crippen LogP contribution in [0.15, 0.2) is 47.5 Å². The van der Waals surface area contributed by atoms with Crippen molar-refractivity contribution in [2.45, 2.75) is 30.9 Å². The van der Waals surface area contributed by atoms with Crippen LogP contribution in [-0.4, -0.2) is 16.1 Å². The molecule has 3 nitrogen and oxygen atoms in total. The quantitative estimate of drug-likeness (QED) is 0.859. The van der Waals surface area contributed by atoms with E-state index in [-0.39, 0.29) is 5.91 Å². The minimum atomic E-state index is -0.120. The molecule has 0 aliphatic carbocycles. The molecule has 0 unspecified atom stereocenters. The molecule has 0 saturated heterocycles. The van der Waals surface area contributed by atoms with Crippen LogP contribution >= 0.6 is 11.8 Å². The summed E-state index contributed by atoms with van der Waals surface area (Å²) in [6.45, 7) is 6.19. The lowest BCUT2D eigenvalue weighted by Crippen LogP contribution is -2.14. The maximum absolute atomic E-state index is 12.3. The van der Waals surface area contributed by atoms with E-state index < -0.39 is 0 Å². The molecule has 2 rings (SSSR count). The fraction of sp³-hybridized carbons (Fsp3) is 0.250. The van der Waals surface area contributed by atoms with E-state index in [2.05, 4.69) is 24.1 Å². The van der Waals surface area contributed by atoms with Crippen LogP contribution in [-0.2, 0) is 0 Å². The summed E-state index contributed by atoms with van der Waals surface area (Å²) in [4.78, 5) is 17.5. The van der Waals surface area contributed by atoms with Gasteiger partial charge in [-0.15, -0.1) is 11.8 Å². The topological polar surface area (TPSA) is 42.0 Å². The van der Waals surface area contributed by atoms with Crippen LogP contribution in [0, 0.1) is 6.92 Å². The van der Waals surface area contributed by atoms with Gasteiger partial charge in [-0.3, -0.25) is 4.79 Å². The van der Waals surface area contributed by atoms with Crippen molar-refractivity contribution in [3.05, 3.63) is 53.7 Å². The highest BCUT2D eigenvalue weighted by atomic mass is 32.2. The fourth-order valence-electron chi connectivity index (χ4n) is 1.74. The Balaban J connectivity index is 2.18. The van der Waals surface area contributed by atoms with E-state index >= 15 is 0 Å². The maximum Gasteiger partial charge on any atom is 0.257 e. The Labute approximate surface area is 123 Å². The number of nitrogens with one attached hydrogen (secondary N) is 1. The second-order valence-electron chi connectivity index (χ2n) is 4.84. The van der Waals surface area contributed by atoms with Crippen molar-refractivity contribution in [3.63, 3.8) is 0 Å². The van der Waals surface area contributed by atoms with Gasteiger partial charge in [0, 0.05) is 16.3 Å². The first kappa shape index (κ1) is 14.6. The standard InChI is InChI=1S/C16H18N2OS/c1-11(2)20-14-7-5-4-6-13(14)16(19)18-15-9-8-12(3)10-17-15/h4-11H,1-3H3,(H,17,18,19). The highest BCUT2D eigenvalue weighted by Crippen LogP contribution is 2.26. The summed E-state index contributed by atoms with van der Waals surface area (Å²) in [7, 11) is 0. The molecule has 104 valence electrons. The van der Waals surface area contributed by atoms with Crippen molar-refractivity contribution in [1.29, 1.82) is 0 Å². The molecule has 0 aliphatic heterocycles. The normalized spacial score (nSPS) is 10.6. The molecule has 1 amide bonds. The Bertz CT molecular complexity index is 594. The van der Waals surface area contributed by atoms with Crippen molar-refractivity contribution in [1.82, 2.24) is 4.98 Å². The Morgan fingerprint density at radius 1 is 1.20 bits per heavy atom. The van der Waals surface area contributed by atoms with Crippen molar-refractivity contribution < 1.29 is 4.79 Å². The smallest absolute Gasteiger partial charge is 0.257 e. The summed E-state index contributed by atoms with van der Waals surface area (Å²) in [5.74, 6) is 0.454. The zero-order valence-electron chi connectivity index (χ0n) is 11.9. The molecule has 1 aromatic heterocycles. The van der Waals surface area contributed by atoms with E-state index in [0.717, 1.165) is 10.5 Å². The summed E-state index contributed by atoms with van der Waals surface area (Å²) < 4.78 is 0. The molecule has 0 spiro atoms. The molecular weight excluding hydrogens is 268 g/mol. The van der Waals surface area contributed by atoms with Crippen LogP contribution in [0.25, 0.3) is 0 Å². The Morgan fingerprint density at radius 2 is 1.95 bits per heavy atom.